The Balaban J connectivity index is 0.000000192. The molecule has 0 radical (unpaired) electrons. The number of aryl methyl sites for hydroxylation is 6. The lowest BCUT2D eigenvalue weighted by atomic mass is 10.0. The van der Waals surface area contributed by atoms with Gasteiger partial charge < -0.3 is 59.6 Å². The van der Waals surface area contributed by atoms with Crippen LogP contribution in [0.1, 0.15) is 180 Å². The number of rotatable bonds is 21. The van der Waals surface area contributed by atoms with E-state index in [1.807, 2.05) is 117 Å². The van der Waals surface area contributed by atoms with E-state index in [-0.39, 0.29) is 125 Å². The number of amides is 11. The fourth-order valence-corrected chi connectivity index (χ4v) is 19.3. The van der Waals surface area contributed by atoms with Gasteiger partial charge in [-0.15, -0.1) is 18.8 Å². The molecule has 8 aromatic rings. The minimum absolute atomic E-state index is 0. The van der Waals surface area contributed by atoms with Crippen molar-refractivity contribution in [1.82, 2.24) is 93.4 Å². The number of fused-ring (bicyclic) bond motifs is 4. The van der Waals surface area contributed by atoms with E-state index in [4.69, 9.17) is 50.1 Å². The number of benzene rings is 4. The first-order chi connectivity index (χ1) is 69.9. The first-order valence-electron chi connectivity index (χ1n) is 50.2. The van der Waals surface area contributed by atoms with E-state index >= 15 is 0 Å². The van der Waals surface area contributed by atoms with Crippen LogP contribution in [0.2, 0.25) is 0 Å². The number of hydrogen-bond acceptors (Lipinski definition) is 28. The number of imidazole rings is 4. The third-order valence-corrected chi connectivity index (χ3v) is 26.4. The van der Waals surface area contributed by atoms with Crippen molar-refractivity contribution in [1.29, 1.82) is 0 Å². The largest absolute Gasteiger partial charge is 0.444 e. The Morgan fingerprint density at radius 1 is 0.436 bits per heavy atom. The summed E-state index contributed by atoms with van der Waals surface area (Å²) in [6.07, 6.45) is 11.9. The Kier molecular flexibility index (Phi) is 43.8. The Bertz CT molecular complexity index is 6470. The number of nitrogens with zero attached hydrogens (tertiary/aromatic N) is 12. The second kappa shape index (κ2) is 54.8. The quantitative estimate of drug-likeness (QED) is 0.0191. The molecule has 4 aromatic carbocycles. The number of alkyl carbamates (subject to hydrolysis) is 3. The van der Waals surface area contributed by atoms with Gasteiger partial charge in [0.05, 0.1) is 114 Å². The van der Waals surface area contributed by atoms with Crippen LogP contribution in [0.3, 0.4) is 0 Å². The number of para-hydroxylation sites is 3. The lowest BCUT2D eigenvalue weighted by Crippen LogP contribution is -2.48. The molecule has 13 heterocycles. The van der Waals surface area contributed by atoms with Gasteiger partial charge in [0.1, 0.15) is 41.0 Å². The molecular weight excluding hydrogens is 2030 g/mol. The predicted molar refractivity (Wildman–Crippen MR) is 569 cm³/mol. The fraction of sp³-hybridized carbons (Fsp3) is 0.583. The Morgan fingerprint density at radius 2 is 0.772 bits per heavy atom. The molecule has 11 amide bonds. The summed E-state index contributed by atoms with van der Waals surface area (Å²) in [4.78, 5) is 191. The van der Waals surface area contributed by atoms with Gasteiger partial charge in [0, 0.05) is 150 Å². The highest BCUT2D eigenvalue weighted by molar-refractivity contribution is 9.10. The molecule has 5 unspecified atom stereocenters. The average molecular weight is 2180 g/mol. The van der Waals surface area contributed by atoms with Crippen molar-refractivity contribution < 1.29 is 90.6 Å². The molecule has 814 valence electrons. The molecule has 0 saturated carbocycles. The van der Waals surface area contributed by atoms with Crippen LogP contribution in [-0.4, -0.2) is 307 Å². The van der Waals surface area contributed by atoms with Crippen LogP contribution < -0.4 is 65.7 Å². The van der Waals surface area contributed by atoms with E-state index < -0.39 is 82.9 Å². The Hall–Kier alpha value is -11.8. The van der Waals surface area contributed by atoms with Crippen molar-refractivity contribution in [3.05, 3.63) is 136 Å². The maximum Gasteiger partial charge on any atom is 0.407 e. The van der Waals surface area contributed by atoms with E-state index in [1.165, 1.54) is 40.2 Å². The van der Waals surface area contributed by atoms with Crippen molar-refractivity contribution >= 4 is 148 Å². The summed E-state index contributed by atoms with van der Waals surface area (Å²) in [7, 11) is 6.78. The fourth-order valence-electron chi connectivity index (χ4n) is 19.0. The highest BCUT2D eigenvalue weighted by Crippen LogP contribution is 2.32. The van der Waals surface area contributed by atoms with Crippen LogP contribution >= 0.6 is 38.2 Å². The predicted octanol–water partition coefficient (Wildman–Crippen LogP) is 5.48. The van der Waals surface area contributed by atoms with Gasteiger partial charge >= 0.3 is 41.0 Å². The highest BCUT2D eigenvalue weighted by Gasteiger charge is 2.38. The second-order valence-corrected chi connectivity index (χ2v) is 41.5. The molecule has 149 heavy (non-hydrogen) atoms. The number of piperidine rings is 4. The molecular formula is C103H145BrClN20O23P. The number of ether oxygens (including phenoxy) is 8. The number of aromatic nitrogens is 8. The topological polar surface area (TPSA) is 493 Å². The highest BCUT2D eigenvalue weighted by atomic mass is 79.9. The molecule has 46 heteroatoms. The lowest BCUT2D eigenvalue weighted by molar-refractivity contribution is -0.137. The van der Waals surface area contributed by atoms with Gasteiger partial charge in [0.15, 0.2) is 0 Å². The molecule has 9 saturated heterocycles. The van der Waals surface area contributed by atoms with Crippen molar-refractivity contribution in [2.24, 2.45) is 33.9 Å². The van der Waals surface area contributed by atoms with Crippen LogP contribution in [0.5, 0.6) is 0 Å². The average Bonchev–Trinajstić information content (AvgIpc) is 1.62. The first kappa shape index (κ1) is 119. The monoisotopic (exact) mass is 2170 g/mol. The van der Waals surface area contributed by atoms with Gasteiger partial charge in [0.25, 0.3) is 0 Å². The summed E-state index contributed by atoms with van der Waals surface area (Å²) in [5, 5.41) is 17.5. The van der Waals surface area contributed by atoms with Crippen LogP contribution in [0.4, 0.5) is 14.4 Å². The van der Waals surface area contributed by atoms with E-state index in [9.17, 15) is 71.9 Å². The lowest BCUT2D eigenvalue weighted by Gasteiger charge is -2.33. The molecule has 0 aliphatic carbocycles. The van der Waals surface area contributed by atoms with Crippen LogP contribution in [0.25, 0.3) is 44.1 Å². The van der Waals surface area contributed by atoms with Crippen molar-refractivity contribution in [3.8, 4) is 24.2 Å². The molecule has 9 aliphatic heterocycles. The summed E-state index contributed by atoms with van der Waals surface area (Å²) >= 11 is 3.37. The number of imide groups is 4. The van der Waals surface area contributed by atoms with E-state index in [0.29, 0.717) is 132 Å². The van der Waals surface area contributed by atoms with Crippen molar-refractivity contribution in [2.75, 3.05) is 144 Å². The minimum Gasteiger partial charge on any atom is -0.444 e. The molecule has 0 spiro atoms. The number of halogens is 2. The molecule has 9 N–H and O–H groups in total. The van der Waals surface area contributed by atoms with E-state index in [1.54, 1.807) is 55.5 Å². The summed E-state index contributed by atoms with van der Waals surface area (Å²) in [5.41, 5.74) is 11.7. The maximum absolute atomic E-state index is 13.1. The van der Waals surface area contributed by atoms with Crippen molar-refractivity contribution in [3.63, 3.8) is 0 Å². The number of morpholine rings is 4. The van der Waals surface area contributed by atoms with Crippen LogP contribution in [0, 0.1) is 24.2 Å². The molecule has 9 aliphatic rings. The number of nitrogens with two attached hydrogens (primary N) is 1. The van der Waals surface area contributed by atoms with Gasteiger partial charge in [-0.25, -0.2) is 33.6 Å². The Labute approximate surface area is 882 Å². The first-order valence-corrected chi connectivity index (χ1v) is 51.0. The third-order valence-electron chi connectivity index (χ3n) is 25.9. The molecule has 43 nitrogen and oxygen atoms in total. The smallest absolute Gasteiger partial charge is 0.407 e. The molecule has 4 aromatic heterocycles. The summed E-state index contributed by atoms with van der Waals surface area (Å²) in [6, 6.07) is 19.8. The summed E-state index contributed by atoms with van der Waals surface area (Å²) in [6.45, 7) is 31.7. The van der Waals surface area contributed by atoms with Gasteiger partial charge in [0.2, 0.25) is 47.3 Å². The van der Waals surface area contributed by atoms with Gasteiger partial charge in [-0.3, -0.25) is 116 Å². The minimum atomic E-state index is -0.739. The van der Waals surface area contributed by atoms with E-state index in [2.05, 4.69) is 90.5 Å². The number of nitrogens with one attached hydrogen (secondary N) is 7. The summed E-state index contributed by atoms with van der Waals surface area (Å²) in [5.74, 6) is 6.05. The maximum atomic E-state index is 13.1. The summed E-state index contributed by atoms with van der Waals surface area (Å²) < 4.78 is 56.5. The van der Waals surface area contributed by atoms with Crippen LogP contribution in [-0.2, 0) is 117 Å². The zero-order chi connectivity index (χ0) is 106. The SMILES string of the molecule is C#CCN1CCO[C@@H](CNC(=O)OC(C)(C)C)C1.C1CCOC1.Cl.Cn1c(=O)n(C2CCC(=O)NC2=O)c2ccc(Br)cc21.Cn1c(=O)n(C2CCC(=O)NC2=O)c2cccc(C#CCN3CCO[C@@H](CNC(=O)OC(C)(C)C)C3)c21.Cn1c(=O)n(C2CCC(=O)NC2=O)c2cccc(CCCN3CCO[C@@H](CN)C3)c21.Cn1c(=O)n(C2CCC(=O)NC2=O)c2cccc(CCCN3CCO[C@@H](CNC(=O)OC(C)(C)C)C3)c21.P. The standard InChI is InChI=1S/C26H37N5O6.C26H33N5O6.C21H29N5O4.C13H12BrN3O3.C13H22N2O3.C4H8O.ClH.H3P/c2*1-26(2,3)37-24(34)27-15-18-16-30(13-14-36-18)12-6-8-17-7-5-9-19-22(17)29(4)25(35)31(19)20-10-11-21(32)28-23(20)33;1-24-19-14(5-3-9-25-10-11-30-15(12-22)13-25)4-2-6-16(19)26(21(24)29)17-7-8-18(27)23-20(17)28;1-16-10-6-7(14)2-3-8(10)17(13(16)20)9-4-5-11(18)15-12(9)19;1-5-6-15-7-8-17-11(10-15)9-14-12(16)18-13(2,3)4;1-2-4-5-3-1;;/h5,7,9,18,20H,6,8,10-16H2,1-4H3,(H,27,34)(H,28,32,33);5,7,9,18,20H,10-16H2,1-4H3,(H,27,34)(H,28,32,33);2,4,6,15,17H,3,5,7-13,22H2,1H3,(H,23,27,28);2-3,6,9H,4-5H2,1H3,(H,15,18,19);1,11H,6-10H2,2-4H3,(H,14,16);1-4H2;1H;1H3/t2*18-,20?;15-,17?;;11-;;;/m000.0.../s1. The normalized spacial score (nSPS) is 21.0. The second-order valence-electron chi connectivity index (χ2n) is 40.5. The third kappa shape index (κ3) is 32.9. The number of terminal acetylenes is 1. The number of carbonyl (C=O) groups is 11. The van der Waals surface area contributed by atoms with Gasteiger partial charge in [-0.05, 0) is 193 Å². The number of hydrogen-bond donors (Lipinski definition) is 8. The van der Waals surface area contributed by atoms with Gasteiger partial charge in [-0.1, -0.05) is 64.0 Å². The van der Waals surface area contributed by atoms with Gasteiger partial charge in [-0.2, -0.15) is 9.90 Å². The Morgan fingerprint density at radius 3 is 1.13 bits per heavy atom. The van der Waals surface area contributed by atoms with Crippen LogP contribution in [0.15, 0.2) is 96.4 Å². The zero-order valence-electron chi connectivity index (χ0n) is 87.4. The molecule has 17 rings (SSSR count). The molecule has 0 bridgehead atoms. The zero-order valence-corrected chi connectivity index (χ0v) is 91.2. The number of carbonyl (C=O) groups excluding carboxylic acids is 11. The van der Waals surface area contributed by atoms with Crippen molar-refractivity contribution in [2.45, 2.75) is 218 Å². The molecule has 9 fully saturated rings. The molecule has 9 atom stereocenters. The van der Waals surface area contributed by atoms with E-state index in [0.717, 1.165) is 122 Å².